The molecule has 0 spiro atoms. The predicted octanol–water partition coefficient (Wildman–Crippen LogP) is 2.25. The Morgan fingerprint density at radius 1 is 1.11 bits per heavy atom. The molecule has 0 amide bonds. The number of hydrogen-bond acceptors (Lipinski definition) is 3. The van der Waals surface area contributed by atoms with Crippen LogP contribution in [0.15, 0.2) is 53.7 Å². The van der Waals surface area contributed by atoms with E-state index in [1.807, 2.05) is 6.92 Å². The number of rotatable bonds is 4. The van der Waals surface area contributed by atoms with E-state index in [1.54, 1.807) is 36.4 Å². The zero-order chi connectivity index (χ0) is 13.9. The lowest BCUT2D eigenvalue weighted by molar-refractivity contribution is -0.104. The van der Waals surface area contributed by atoms with Crippen LogP contribution in [0.4, 0.5) is 0 Å². The predicted molar refractivity (Wildman–Crippen MR) is 73.3 cm³/mol. The zero-order valence-electron chi connectivity index (χ0n) is 10.4. The maximum absolute atomic E-state index is 12.3. The molecule has 0 atom stereocenters. The fraction of sp³-hybridized carbons (Fsp3) is 0.0714. The van der Waals surface area contributed by atoms with E-state index in [9.17, 15) is 13.2 Å². The molecule has 1 aromatic heterocycles. The Hall–Kier alpha value is -2.14. The number of benzene rings is 1. The number of carbonyl (C=O) groups is 1. The van der Waals surface area contributed by atoms with Gasteiger partial charge in [0.15, 0.2) is 0 Å². The zero-order valence-corrected chi connectivity index (χ0v) is 11.2. The molecule has 0 N–H and O–H groups in total. The molecule has 1 aromatic carbocycles. The standard InChI is InChI=1S/C14H13NO3S/c1-12-4-6-14(7-5-12)19(17,18)15-9-8-13(11-15)3-2-10-16/h2-11H,1H3. The maximum atomic E-state index is 12.3. The molecule has 0 fully saturated rings. The third kappa shape index (κ3) is 2.82. The van der Waals surface area contributed by atoms with Gasteiger partial charge in [0.05, 0.1) is 4.90 Å². The molecule has 0 saturated carbocycles. The van der Waals surface area contributed by atoms with E-state index in [-0.39, 0.29) is 4.90 Å². The van der Waals surface area contributed by atoms with Crippen molar-refractivity contribution in [3.63, 3.8) is 0 Å². The number of allylic oxidation sites excluding steroid dienone is 1. The Morgan fingerprint density at radius 2 is 1.79 bits per heavy atom. The van der Waals surface area contributed by atoms with Crippen LogP contribution in [-0.2, 0) is 14.8 Å². The van der Waals surface area contributed by atoms with Gasteiger partial charge in [0.25, 0.3) is 10.0 Å². The molecule has 0 saturated heterocycles. The minimum absolute atomic E-state index is 0.236. The van der Waals surface area contributed by atoms with Crippen LogP contribution < -0.4 is 0 Å². The van der Waals surface area contributed by atoms with Crippen molar-refractivity contribution in [2.45, 2.75) is 11.8 Å². The van der Waals surface area contributed by atoms with E-state index in [0.717, 1.165) is 9.54 Å². The number of nitrogens with zero attached hydrogens (tertiary/aromatic N) is 1. The van der Waals surface area contributed by atoms with Gasteiger partial charge < -0.3 is 0 Å². The minimum atomic E-state index is -3.57. The number of aryl methyl sites for hydroxylation is 1. The summed E-state index contributed by atoms with van der Waals surface area (Å²) in [6.07, 6.45) is 6.44. The first-order chi connectivity index (χ1) is 9.04. The van der Waals surface area contributed by atoms with Gasteiger partial charge in [0.2, 0.25) is 0 Å². The largest absolute Gasteiger partial charge is 0.299 e. The molecule has 5 heteroatoms. The SMILES string of the molecule is Cc1ccc(S(=O)(=O)n2ccc(C=CC=O)c2)cc1. The highest BCUT2D eigenvalue weighted by Gasteiger charge is 2.15. The van der Waals surface area contributed by atoms with E-state index in [1.165, 1.54) is 18.5 Å². The van der Waals surface area contributed by atoms with Gasteiger partial charge in [0, 0.05) is 12.4 Å². The van der Waals surface area contributed by atoms with Crippen LogP contribution in [0.3, 0.4) is 0 Å². The summed E-state index contributed by atoms with van der Waals surface area (Å²) in [7, 11) is -3.57. The molecule has 0 radical (unpaired) electrons. The Kier molecular flexibility index (Phi) is 3.66. The van der Waals surface area contributed by atoms with Crippen molar-refractivity contribution >= 4 is 22.4 Å². The molecule has 0 aliphatic carbocycles. The molecule has 2 rings (SSSR count). The summed E-state index contributed by atoms with van der Waals surface area (Å²) < 4.78 is 25.7. The lowest BCUT2D eigenvalue weighted by Gasteiger charge is -2.05. The fourth-order valence-corrected chi connectivity index (χ4v) is 2.83. The van der Waals surface area contributed by atoms with Gasteiger partial charge in [-0.1, -0.05) is 23.8 Å². The topological polar surface area (TPSA) is 56.1 Å². The molecule has 0 aliphatic rings. The molecule has 0 unspecified atom stereocenters. The van der Waals surface area contributed by atoms with Gasteiger partial charge in [-0.3, -0.25) is 4.79 Å². The summed E-state index contributed by atoms with van der Waals surface area (Å²) in [5, 5.41) is 0. The lowest BCUT2D eigenvalue weighted by Crippen LogP contribution is -2.10. The number of aldehydes is 1. The quantitative estimate of drug-likeness (QED) is 0.635. The van der Waals surface area contributed by atoms with Crippen molar-refractivity contribution in [2.75, 3.05) is 0 Å². The van der Waals surface area contributed by atoms with Gasteiger partial charge in [-0.25, -0.2) is 12.4 Å². The van der Waals surface area contributed by atoms with Gasteiger partial charge >= 0.3 is 0 Å². The molecule has 1 heterocycles. The average Bonchev–Trinajstić information content (AvgIpc) is 2.86. The normalized spacial score (nSPS) is 11.8. The van der Waals surface area contributed by atoms with Crippen molar-refractivity contribution < 1.29 is 13.2 Å². The van der Waals surface area contributed by atoms with Gasteiger partial charge in [0.1, 0.15) is 6.29 Å². The molecule has 98 valence electrons. The third-order valence-corrected chi connectivity index (χ3v) is 4.30. The molecular formula is C14H13NO3S. The van der Waals surface area contributed by atoms with Crippen LogP contribution in [-0.4, -0.2) is 18.7 Å². The lowest BCUT2D eigenvalue weighted by atomic mass is 10.2. The van der Waals surface area contributed by atoms with E-state index in [2.05, 4.69) is 0 Å². The molecular weight excluding hydrogens is 262 g/mol. The average molecular weight is 275 g/mol. The van der Waals surface area contributed by atoms with E-state index in [4.69, 9.17) is 0 Å². The van der Waals surface area contributed by atoms with Crippen molar-refractivity contribution in [3.8, 4) is 0 Å². The van der Waals surface area contributed by atoms with Crippen molar-refractivity contribution in [3.05, 3.63) is 59.9 Å². The summed E-state index contributed by atoms with van der Waals surface area (Å²) in [5.41, 5.74) is 1.66. The van der Waals surface area contributed by atoms with Crippen molar-refractivity contribution in [1.29, 1.82) is 0 Å². The minimum Gasteiger partial charge on any atom is -0.299 e. The van der Waals surface area contributed by atoms with Crippen LogP contribution in [0.2, 0.25) is 0 Å². The summed E-state index contributed by atoms with van der Waals surface area (Å²) in [6, 6.07) is 8.29. The molecule has 0 bridgehead atoms. The van der Waals surface area contributed by atoms with Crippen LogP contribution in [0.1, 0.15) is 11.1 Å². The Morgan fingerprint density at radius 3 is 2.42 bits per heavy atom. The number of hydrogen-bond donors (Lipinski definition) is 0. The molecule has 2 aromatic rings. The van der Waals surface area contributed by atoms with Gasteiger partial charge in [-0.2, -0.15) is 0 Å². The summed E-state index contributed by atoms with van der Waals surface area (Å²) >= 11 is 0. The molecule has 19 heavy (non-hydrogen) atoms. The monoisotopic (exact) mass is 275 g/mol. The Bertz CT molecular complexity index is 709. The first-order valence-electron chi connectivity index (χ1n) is 5.66. The van der Waals surface area contributed by atoms with Gasteiger partial charge in [-0.15, -0.1) is 0 Å². The van der Waals surface area contributed by atoms with Crippen LogP contribution in [0, 0.1) is 6.92 Å². The Balaban J connectivity index is 2.39. The van der Waals surface area contributed by atoms with Crippen molar-refractivity contribution in [2.24, 2.45) is 0 Å². The van der Waals surface area contributed by atoms with Crippen molar-refractivity contribution in [1.82, 2.24) is 3.97 Å². The van der Waals surface area contributed by atoms with Crippen LogP contribution in [0.5, 0.6) is 0 Å². The molecule has 4 nitrogen and oxygen atoms in total. The smallest absolute Gasteiger partial charge is 0.267 e. The summed E-state index contributed by atoms with van der Waals surface area (Å²) in [4.78, 5) is 10.5. The highest BCUT2D eigenvalue weighted by molar-refractivity contribution is 7.90. The van der Waals surface area contributed by atoms with E-state index in [0.29, 0.717) is 11.8 Å². The van der Waals surface area contributed by atoms with E-state index >= 15 is 0 Å². The maximum Gasteiger partial charge on any atom is 0.267 e. The second-order valence-electron chi connectivity index (χ2n) is 4.09. The fourth-order valence-electron chi connectivity index (χ4n) is 1.62. The van der Waals surface area contributed by atoms with E-state index < -0.39 is 10.0 Å². The second-order valence-corrected chi connectivity index (χ2v) is 5.93. The van der Waals surface area contributed by atoms with Crippen LogP contribution in [0.25, 0.3) is 6.08 Å². The summed E-state index contributed by atoms with van der Waals surface area (Å²) in [5.74, 6) is 0. The Labute approximate surface area is 112 Å². The third-order valence-electron chi connectivity index (χ3n) is 2.65. The van der Waals surface area contributed by atoms with Gasteiger partial charge in [-0.05, 0) is 36.8 Å². The first kappa shape index (κ1) is 13.3. The number of aromatic nitrogens is 1. The molecule has 0 aliphatic heterocycles. The second kappa shape index (κ2) is 5.24. The highest BCUT2D eigenvalue weighted by atomic mass is 32.2. The first-order valence-corrected chi connectivity index (χ1v) is 7.10. The summed E-state index contributed by atoms with van der Waals surface area (Å²) in [6.45, 7) is 1.90. The van der Waals surface area contributed by atoms with Crippen LogP contribution >= 0.6 is 0 Å². The highest BCUT2D eigenvalue weighted by Crippen LogP contribution is 2.16. The number of carbonyl (C=O) groups excluding carboxylic acids is 1.